The Hall–Kier alpha value is -3.31. The number of rotatable bonds is 10. The van der Waals surface area contributed by atoms with E-state index in [0.29, 0.717) is 18.0 Å². The molecule has 6 heteroatoms. The quantitative estimate of drug-likeness (QED) is 0.443. The lowest BCUT2D eigenvalue weighted by Gasteiger charge is -2.32. The van der Waals surface area contributed by atoms with E-state index in [1.807, 2.05) is 80.6 Å². The molecule has 2 amide bonds. The van der Waals surface area contributed by atoms with Gasteiger partial charge in [0.05, 0.1) is 13.5 Å². The second-order valence-electron chi connectivity index (χ2n) is 8.54. The lowest BCUT2D eigenvalue weighted by Crippen LogP contribution is -2.52. The fraction of sp³-hybridized carbons (Fsp3) is 0.286. The van der Waals surface area contributed by atoms with Crippen LogP contribution in [0.25, 0.3) is 0 Å². The summed E-state index contributed by atoms with van der Waals surface area (Å²) in [6.07, 6.45) is 0.596. The molecule has 0 aliphatic heterocycles. The van der Waals surface area contributed by atoms with Gasteiger partial charge in [-0.3, -0.25) is 9.59 Å². The van der Waals surface area contributed by atoms with Gasteiger partial charge in [0.25, 0.3) is 0 Å². The summed E-state index contributed by atoms with van der Waals surface area (Å²) in [5.41, 5.74) is 2.75. The predicted octanol–water partition coefficient (Wildman–Crippen LogP) is 5.06. The van der Waals surface area contributed by atoms with Gasteiger partial charge in [0.1, 0.15) is 11.8 Å². The molecule has 0 saturated carbocycles. The molecule has 5 nitrogen and oxygen atoms in total. The number of methoxy groups -OCH3 is 1. The summed E-state index contributed by atoms with van der Waals surface area (Å²) in [6.45, 7) is 4.13. The Morgan fingerprint density at radius 2 is 1.50 bits per heavy atom. The van der Waals surface area contributed by atoms with Crippen LogP contribution >= 0.6 is 11.6 Å². The van der Waals surface area contributed by atoms with E-state index in [9.17, 15) is 9.59 Å². The van der Waals surface area contributed by atoms with Crippen molar-refractivity contribution in [3.63, 3.8) is 0 Å². The molecule has 178 valence electrons. The number of amides is 2. The van der Waals surface area contributed by atoms with Crippen LogP contribution < -0.4 is 10.1 Å². The average molecular weight is 479 g/mol. The molecule has 3 aromatic rings. The number of hydrogen-bond acceptors (Lipinski definition) is 3. The first-order valence-corrected chi connectivity index (χ1v) is 11.7. The van der Waals surface area contributed by atoms with Gasteiger partial charge in [-0.15, -0.1) is 0 Å². The van der Waals surface area contributed by atoms with Crippen LogP contribution in [-0.2, 0) is 29.0 Å². The van der Waals surface area contributed by atoms with E-state index in [1.165, 1.54) is 0 Å². The molecular weight excluding hydrogens is 448 g/mol. The van der Waals surface area contributed by atoms with Crippen molar-refractivity contribution >= 4 is 23.4 Å². The zero-order chi connectivity index (χ0) is 24.5. The molecule has 0 aromatic heterocycles. The summed E-state index contributed by atoms with van der Waals surface area (Å²) in [6, 6.07) is 23.8. The molecule has 0 saturated heterocycles. The number of carbonyl (C=O) groups excluding carboxylic acids is 2. The van der Waals surface area contributed by atoms with Crippen LogP contribution in [0.1, 0.15) is 30.5 Å². The molecule has 0 aliphatic carbocycles. The van der Waals surface area contributed by atoms with Crippen LogP contribution in [0.5, 0.6) is 5.75 Å². The van der Waals surface area contributed by atoms with Crippen molar-refractivity contribution < 1.29 is 14.3 Å². The Kier molecular flexibility index (Phi) is 9.11. The zero-order valence-electron chi connectivity index (χ0n) is 19.8. The molecule has 0 spiro atoms. The summed E-state index contributed by atoms with van der Waals surface area (Å²) in [5, 5.41) is 3.63. The summed E-state index contributed by atoms with van der Waals surface area (Å²) in [5.74, 6) is 0.434. The van der Waals surface area contributed by atoms with Crippen molar-refractivity contribution in [2.45, 2.75) is 45.3 Å². The Morgan fingerprint density at radius 3 is 2.09 bits per heavy atom. The largest absolute Gasteiger partial charge is 0.497 e. The number of nitrogens with one attached hydrogen (secondary N) is 1. The SMILES string of the molecule is COc1ccc(CC(=O)N(Cc2ccc(Cl)cc2)C(Cc2ccccc2)C(=O)NC(C)C)cc1. The monoisotopic (exact) mass is 478 g/mol. The first-order chi connectivity index (χ1) is 16.4. The standard InChI is InChI=1S/C28H31ClN2O3/c1-20(2)30-28(33)26(17-21-7-5-4-6-8-21)31(19-23-9-13-24(29)14-10-23)27(32)18-22-11-15-25(34-3)16-12-22/h4-16,20,26H,17-19H2,1-3H3,(H,30,33). The fourth-order valence-electron chi connectivity index (χ4n) is 3.74. The number of ether oxygens (including phenoxy) is 1. The van der Waals surface area contributed by atoms with Crippen molar-refractivity contribution in [2.75, 3.05) is 7.11 Å². The Morgan fingerprint density at radius 1 is 0.882 bits per heavy atom. The van der Waals surface area contributed by atoms with E-state index < -0.39 is 6.04 Å². The van der Waals surface area contributed by atoms with Gasteiger partial charge < -0.3 is 15.0 Å². The van der Waals surface area contributed by atoms with Gasteiger partial charge in [-0.2, -0.15) is 0 Å². The highest BCUT2D eigenvalue weighted by molar-refractivity contribution is 6.30. The van der Waals surface area contributed by atoms with Gasteiger partial charge in [0.15, 0.2) is 0 Å². The van der Waals surface area contributed by atoms with E-state index in [-0.39, 0.29) is 24.3 Å². The lowest BCUT2D eigenvalue weighted by atomic mass is 10.0. The van der Waals surface area contributed by atoms with E-state index in [0.717, 1.165) is 22.4 Å². The van der Waals surface area contributed by atoms with Gasteiger partial charge >= 0.3 is 0 Å². The number of nitrogens with zero attached hydrogens (tertiary/aromatic N) is 1. The predicted molar refractivity (Wildman–Crippen MR) is 136 cm³/mol. The minimum absolute atomic E-state index is 0.0418. The molecule has 1 unspecified atom stereocenters. The third-order valence-corrected chi connectivity index (χ3v) is 5.73. The van der Waals surface area contributed by atoms with Crippen LogP contribution in [0, 0.1) is 0 Å². The Balaban J connectivity index is 1.94. The highest BCUT2D eigenvalue weighted by Crippen LogP contribution is 2.19. The first kappa shape index (κ1) is 25.3. The molecule has 0 radical (unpaired) electrons. The van der Waals surface area contributed by atoms with Crippen molar-refractivity contribution in [3.05, 3.63) is 101 Å². The van der Waals surface area contributed by atoms with Crippen LogP contribution in [0.2, 0.25) is 5.02 Å². The molecule has 0 heterocycles. The molecule has 1 atom stereocenters. The van der Waals surface area contributed by atoms with Crippen molar-refractivity contribution in [1.82, 2.24) is 10.2 Å². The van der Waals surface area contributed by atoms with E-state index in [1.54, 1.807) is 24.1 Å². The number of carbonyl (C=O) groups is 2. The van der Waals surface area contributed by atoms with Gasteiger partial charge in [0, 0.05) is 24.0 Å². The molecule has 3 rings (SSSR count). The number of halogens is 1. The first-order valence-electron chi connectivity index (χ1n) is 11.4. The zero-order valence-corrected chi connectivity index (χ0v) is 20.6. The highest BCUT2D eigenvalue weighted by atomic mass is 35.5. The third kappa shape index (κ3) is 7.35. The average Bonchev–Trinajstić information content (AvgIpc) is 2.83. The second kappa shape index (κ2) is 12.2. The summed E-state index contributed by atoms with van der Waals surface area (Å²) in [4.78, 5) is 28.7. The minimum Gasteiger partial charge on any atom is -0.497 e. The van der Waals surface area contributed by atoms with E-state index >= 15 is 0 Å². The maximum Gasteiger partial charge on any atom is 0.243 e. The topological polar surface area (TPSA) is 58.6 Å². The summed E-state index contributed by atoms with van der Waals surface area (Å²) < 4.78 is 5.22. The van der Waals surface area contributed by atoms with E-state index in [4.69, 9.17) is 16.3 Å². The van der Waals surface area contributed by atoms with Gasteiger partial charge in [-0.1, -0.05) is 66.2 Å². The summed E-state index contributed by atoms with van der Waals surface area (Å²) >= 11 is 6.07. The Labute approximate surface area is 206 Å². The van der Waals surface area contributed by atoms with Gasteiger partial charge in [0.2, 0.25) is 11.8 Å². The van der Waals surface area contributed by atoms with Crippen LogP contribution in [-0.4, -0.2) is 35.9 Å². The molecule has 34 heavy (non-hydrogen) atoms. The second-order valence-corrected chi connectivity index (χ2v) is 8.98. The van der Waals surface area contributed by atoms with Gasteiger partial charge in [-0.05, 0) is 54.8 Å². The highest BCUT2D eigenvalue weighted by Gasteiger charge is 2.30. The Bertz CT molecular complexity index is 1070. The normalized spacial score (nSPS) is 11.7. The van der Waals surface area contributed by atoms with Crippen molar-refractivity contribution in [3.8, 4) is 5.75 Å². The molecular formula is C28H31ClN2O3. The smallest absolute Gasteiger partial charge is 0.243 e. The maximum atomic E-state index is 13.6. The fourth-order valence-corrected chi connectivity index (χ4v) is 3.87. The number of benzene rings is 3. The van der Waals surface area contributed by atoms with Crippen LogP contribution in [0.3, 0.4) is 0 Å². The lowest BCUT2D eigenvalue weighted by molar-refractivity contribution is -0.141. The molecule has 3 aromatic carbocycles. The minimum atomic E-state index is -0.661. The van der Waals surface area contributed by atoms with E-state index in [2.05, 4.69) is 5.32 Å². The van der Waals surface area contributed by atoms with Crippen LogP contribution in [0.15, 0.2) is 78.9 Å². The molecule has 0 aliphatic rings. The van der Waals surface area contributed by atoms with Gasteiger partial charge in [-0.25, -0.2) is 0 Å². The molecule has 0 bridgehead atoms. The molecule has 1 N–H and O–H groups in total. The third-order valence-electron chi connectivity index (χ3n) is 5.48. The van der Waals surface area contributed by atoms with Crippen molar-refractivity contribution in [1.29, 1.82) is 0 Å². The van der Waals surface area contributed by atoms with Crippen molar-refractivity contribution in [2.24, 2.45) is 0 Å². The van der Waals surface area contributed by atoms with Crippen LogP contribution in [0.4, 0.5) is 0 Å². The molecule has 0 fully saturated rings. The summed E-state index contributed by atoms with van der Waals surface area (Å²) in [7, 11) is 1.61. The number of hydrogen-bond donors (Lipinski definition) is 1. The maximum absolute atomic E-state index is 13.6.